The molecule has 0 aliphatic heterocycles. The molecule has 2 aromatic carbocycles. The fourth-order valence-electron chi connectivity index (χ4n) is 2.21. The Labute approximate surface area is 161 Å². The second kappa shape index (κ2) is 7.69. The quantitative estimate of drug-likeness (QED) is 0.424. The molecule has 0 aliphatic rings. The largest absolute Gasteiger partial charge is 0.421 e. The van der Waals surface area contributed by atoms with Crippen LogP contribution in [0.1, 0.15) is 5.56 Å². The van der Waals surface area contributed by atoms with E-state index in [1.54, 1.807) is 24.3 Å². The van der Waals surface area contributed by atoms with Crippen LogP contribution in [0.25, 0.3) is 0 Å². The lowest BCUT2D eigenvalue weighted by atomic mass is 10.2. The molecule has 0 atom stereocenters. The Morgan fingerprint density at radius 2 is 1.54 bits per heavy atom. The smallest absolute Gasteiger partial charge is 0.340 e. The van der Waals surface area contributed by atoms with Crippen LogP contribution >= 0.6 is 11.6 Å². The van der Waals surface area contributed by atoms with Crippen molar-refractivity contribution in [3.8, 4) is 0 Å². The summed E-state index contributed by atoms with van der Waals surface area (Å²) >= 11 is 5.80. The van der Waals surface area contributed by atoms with E-state index in [4.69, 9.17) is 11.6 Å². The molecule has 0 saturated carbocycles. The highest BCUT2D eigenvalue weighted by Gasteiger charge is 2.35. The second-order valence-corrected chi connectivity index (χ2v) is 5.95. The number of hydrogen-bond acceptors (Lipinski definition) is 6. The van der Waals surface area contributed by atoms with Crippen LogP contribution in [0, 0.1) is 10.1 Å². The molecule has 1 aromatic heterocycles. The maximum atomic E-state index is 13.3. The van der Waals surface area contributed by atoms with Crippen molar-refractivity contribution in [1.82, 2.24) is 9.97 Å². The highest BCUT2D eigenvalue weighted by molar-refractivity contribution is 6.30. The number of rotatable bonds is 5. The molecule has 1 heterocycles. The zero-order valence-electron chi connectivity index (χ0n) is 13.9. The number of nitro groups is 1. The first kappa shape index (κ1) is 19.4. The topological polar surface area (TPSA) is 93.0 Å². The third-order valence-electron chi connectivity index (χ3n) is 3.54. The van der Waals surface area contributed by atoms with Crippen LogP contribution in [0.4, 0.5) is 42.0 Å². The van der Waals surface area contributed by atoms with E-state index in [9.17, 15) is 23.3 Å². The summed E-state index contributed by atoms with van der Waals surface area (Å²) in [4.78, 5) is 17.7. The van der Waals surface area contributed by atoms with Gasteiger partial charge >= 0.3 is 6.18 Å². The lowest BCUT2D eigenvalue weighted by Crippen LogP contribution is -2.12. The summed E-state index contributed by atoms with van der Waals surface area (Å²) in [6.07, 6.45) is -4.04. The number of hydrogen-bond donors (Lipinski definition) is 2. The predicted octanol–water partition coefficient (Wildman–Crippen LogP) is 5.54. The molecule has 0 aliphatic carbocycles. The van der Waals surface area contributed by atoms with Gasteiger partial charge in [-0.3, -0.25) is 10.1 Å². The van der Waals surface area contributed by atoms with Crippen molar-refractivity contribution < 1.29 is 18.1 Å². The molecule has 3 aromatic rings. The molecular weight excluding hydrogens is 399 g/mol. The standard InChI is InChI=1S/C17H11ClF3N5O2/c18-10-1-3-12(4-2-10)24-16-22-9-14(17(19,20)21)15(25-16)23-11-5-7-13(8-6-11)26(27)28/h1-9H,(H2,22,23,24,25). The molecule has 7 nitrogen and oxygen atoms in total. The highest BCUT2D eigenvalue weighted by atomic mass is 35.5. The minimum absolute atomic E-state index is 0.0697. The van der Waals surface area contributed by atoms with Gasteiger partial charge in [-0.2, -0.15) is 18.2 Å². The minimum atomic E-state index is -4.69. The van der Waals surface area contributed by atoms with Gasteiger partial charge in [0.05, 0.1) is 4.92 Å². The van der Waals surface area contributed by atoms with E-state index in [1.807, 2.05) is 0 Å². The number of non-ortho nitro benzene ring substituents is 1. The van der Waals surface area contributed by atoms with Gasteiger partial charge in [-0.15, -0.1) is 0 Å². The van der Waals surface area contributed by atoms with Crippen LogP contribution in [-0.4, -0.2) is 14.9 Å². The summed E-state index contributed by atoms with van der Waals surface area (Å²) in [5.74, 6) is -0.562. The average Bonchev–Trinajstić information content (AvgIpc) is 2.63. The summed E-state index contributed by atoms with van der Waals surface area (Å²) < 4.78 is 39.8. The molecule has 0 bridgehead atoms. The second-order valence-electron chi connectivity index (χ2n) is 5.51. The zero-order valence-corrected chi connectivity index (χ0v) is 14.6. The van der Waals surface area contributed by atoms with Gasteiger partial charge in [0.1, 0.15) is 11.4 Å². The van der Waals surface area contributed by atoms with Gasteiger partial charge in [0, 0.05) is 34.7 Å². The fraction of sp³-hybridized carbons (Fsp3) is 0.0588. The highest BCUT2D eigenvalue weighted by Crippen LogP contribution is 2.35. The normalized spacial score (nSPS) is 11.1. The Bertz CT molecular complexity index is 995. The summed E-state index contributed by atoms with van der Waals surface area (Å²) in [5, 5.41) is 16.5. The van der Waals surface area contributed by atoms with Crippen molar-refractivity contribution >= 4 is 40.4 Å². The van der Waals surface area contributed by atoms with E-state index in [2.05, 4.69) is 20.6 Å². The maximum Gasteiger partial charge on any atom is 0.421 e. The monoisotopic (exact) mass is 409 g/mol. The van der Waals surface area contributed by atoms with E-state index < -0.39 is 22.5 Å². The molecule has 11 heteroatoms. The van der Waals surface area contributed by atoms with E-state index in [0.29, 0.717) is 16.9 Å². The van der Waals surface area contributed by atoms with E-state index in [1.165, 1.54) is 24.3 Å². The predicted molar refractivity (Wildman–Crippen MR) is 98.1 cm³/mol. The van der Waals surface area contributed by atoms with Gasteiger partial charge in [-0.05, 0) is 36.4 Å². The third-order valence-corrected chi connectivity index (χ3v) is 3.79. The van der Waals surface area contributed by atoms with Gasteiger partial charge in [0.2, 0.25) is 5.95 Å². The van der Waals surface area contributed by atoms with E-state index >= 15 is 0 Å². The lowest BCUT2D eigenvalue weighted by molar-refractivity contribution is -0.384. The molecular formula is C17H11ClF3N5O2. The molecule has 0 saturated heterocycles. The third kappa shape index (κ3) is 4.65. The number of alkyl halides is 3. The minimum Gasteiger partial charge on any atom is -0.340 e. The van der Waals surface area contributed by atoms with Gasteiger partial charge in [0.15, 0.2) is 0 Å². The number of anilines is 4. The Kier molecular flexibility index (Phi) is 5.32. The molecule has 2 N–H and O–H groups in total. The van der Waals surface area contributed by atoms with Crippen molar-refractivity contribution in [2.24, 2.45) is 0 Å². The van der Waals surface area contributed by atoms with Crippen LogP contribution in [0.5, 0.6) is 0 Å². The molecule has 0 unspecified atom stereocenters. The van der Waals surface area contributed by atoms with Crippen molar-refractivity contribution in [2.45, 2.75) is 6.18 Å². The number of nitro benzene ring substituents is 1. The first-order valence-electron chi connectivity index (χ1n) is 7.71. The summed E-state index contributed by atoms with van der Waals surface area (Å²) in [6.45, 7) is 0. The van der Waals surface area contributed by atoms with Crippen LogP contribution in [0.3, 0.4) is 0 Å². The molecule has 0 spiro atoms. The first-order valence-corrected chi connectivity index (χ1v) is 8.08. The first-order chi connectivity index (χ1) is 13.2. The molecule has 0 amide bonds. The SMILES string of the molecule is O=[N+]([O-])c1ccc(Nc2nc(Nc3ccc(Cl)cc3)ncc2C(F)(F)F)cc1. The van der Waals surface area contributed by atoms with Crippen LogP contribution in [0.15, 0.2) is 54.7 Å². The molecule has 144 valence electrons. The summed E-state index contributed by atoms with van der Waals surface area (Å²) in [6, 6.07) is 11.3. The van der Waals surface area contributed by atoms with Crippen molar-refractivity contribution in [3.63, 3.8) is 0 Å². The summed E-state index contributed by atoms with van der Waals surface area (Å²) in [7, 11) is 0. The Morgan fingerprint density at radius 3 is 2.11 bits per heavy atom. The Hall–Kier alpha value is -3.40. The van der Waals surface area contributed by atoms with Gasteiger partial charge < -0.3 is 10.6 Å². The number of nitrogens with zero attached hydrogens (tertiary/aromatic N) is 3. The van der Waals surface area contributed by atoms with Gasteiger partial charge in [-0.1, -0.05) is 11.6 Å². The van der Waals surface area contributed by atoms with Crippen molar-refractivity contribution in [1.29, 1.82) is 0 Å². The lowest BCUT2D eigenvalue weighted by Gasteiger charge is -2.15. The van der Waals surface area contributed by atoms with Crippen molar-refractivity contribution in [2.75, 3.05) is 10.6 Å². The maximum absolute atomic E-state index is 13.3. The van der Waals surface area contributed by atoms with E-state index in [-0.39, 0.29) is 17.3 Å². The molecule has 28 heavy (non-hydrogen) atoms. The average molecular weight is 410 g/mol. The van der Waals surface area contributed by atoms with Crippen LogP contribution in [0.2, 0.25) is 5.02 Å². The molecule has 0 radical (unpaired) electrons. The zero-order chi connectivity index (χ0) is 20.3. The fourth-order valence-corrected chi connectivity index (χ4v) is 2.34. The molecule has 3 rings (SSSR count). The van der Waals surface area contributed by atoms with Crippen LogP contribution < -0.4 is 10.6 Å². The number of benzene rings is 2. The van der Waals surface area contributed by atoms with E-state index in [0.717, 1.165) is 0 Å². The number of halogens is 4. The Balaban J connectivity index is 1.91. The number of nitrogens with one attached hydrogen (secondary N) is 2. The van der Waals surface area contributed by atoms with Crippen molar-refractivity contribution in [3.05, 3.63) is 75.4 Å². The number of aromatic nitrogens is 2. The van der Waals surface area contributed by atoms with Crippen LogP contribution in [-0.2, 0) is 6.18 Å². The molecule has 0 fully saturated rings. The van der Waals surface area contributed by atoms with Gasteiger partial charge in [0.25, 0.3) is 5.69 Å². The summed E-state index contributed by atoms with van der Waals surface area (Å²) in [5.41, 5.74) is -0.528. The van der Waals surface area contributed by atoms with Gasteiger partial charge in [-0.25, -0.2) is 4.98 Å². The Morgan fingerprint density at radius 1 is 0.964 bits per heavy atom.